The number of amides is 1. The van der Waals surface area contributed by atoms with E-state index in [0.29, 0.717) is 18.5 Å². The lowest BCUT2D eigenvalue weighted by Gasteiger charge is -2.28. The highest BCUT2D eigenvalue weighted by atomic mass is 32.2. The molecule has 150 valence electrons. The maximum atomic E-state index is 13.1. The van der Waals surface area contributed by atoms with Crippen molar-refractivity contribution in [3.8, 4) is 5.75 Å². The zero-order chi connectivity index (χ0) is 20.2. The van der Waals surface area contributed by atoms with Gasteiger partial charge in [-0.15, -0.1) is 0 Å². The molecule has 0 bridgehead atoms. The normalized spacial score (nSPS) is 16.7. The van der Waals surface area contributed by atoms with E-state index in [4.69, 9.17) is 9.84 Å². The zero-order valence-corrected chi connectivity index (χ0v) is 16.7. The SMILES string of the molecule is COc1cc(NC(=O)C(C(C)C)S(=O)(=O)C2CCCCC2)ccc1C(=O)O. The number of methoxy groups -OCH3 is 1. The Labute approximate surface area is 160 Å². The first-order valence-corrected chi connectivity index (χ1v) is 10.7. The van der Waals surface area contributed by atoms with Gasteiger partial charge in [0.15, 0.2) is 9.84 Å². The second-order valence-corrected chi connectivity index (χ2v) is 9.58. The van der Waals surface area contributed by atoms with E-state index < -0.39 is 32.2 Å². The number of hydrogen-bond acceptors (Lipinski definition) is 5. The first kappa shape index (κ1) is 21.2. The van der Waals surface area contributed by atoms with Crippen molar-refractivity contribution in [2.24, 2.45) is 5.92 Å². The van der Waals surface area contributed by atoms with Gasteiger partial charge in [0, 0.05) is 11.8 Å². The van der Waals surface area contributed by atoms with E-state index in [-0.39, 0.29) is 17.2 Å². The van der Waals surface area contributed by atoms with Crippen molar-refractivity contribution in [3.05, 3.63) is 23.8 Å². The molecule has 8 heteroatoms. The van der Waals surface area contributed by atoms with Crippen molar-refractivity contribution in [3.63, 3.8) is 0 Å². The molecule has 1 saturated carbocycles. The summed E-state index contributed by atoms with van der Waals surface area (Å²) in [4.78, 5) is 24.0. The Balaban J connectivity index is 2.26. The molecule has 2 N–H and O–H groups in total. The molecular formula is C19H27NO6S. The average Bonchev–Trinajstić information content (AvgIpc) is 2.61. The van der Waals surface area contributed by atoms with Gasteiger partial charge in [0.2, 0.25) is 5.91 Å². The van der Waals surface area contributed by atoms with Crippen LogP contribution in [-0.4, -0.2) is 43.0 Å². The molecule has 1 amide bonds. The van der Waals surface area contributed by atoms with Crippen LogP contribution in [0.5, 0.6) is 5.75 Å². The predicted octanol–water partition coefficient (Wildman–Crippen LogP) is 3.10. The van der Waals surface area contributed by atoms with Crippen LogP contribution in [0.25, 0.3) is 0 Å². The van der Waals surface area contributed by atoms with Crippen molar-refractivity contribution in [1.29, 1.82) is 0 Å². The Morgan fingerprint density at radius 3 is 2.33 bits per heavy atom. The molecule has 1 unspecified atom stereocenters. The molecule has 27 heavy (non-hydrogen) atoms. The van der Waals surface area contributed by atoms with E-state index in [2.05, 4.69) is 5.32 Å². The van der Waals surface area contributed by atoms with Crippen LogP contribution in [0.4, 0.5) is 5.69 Å². The summed E-state index contributed by atoms with van der Waals surface area (Å²) in [5, 5.41) is 10.1. The lowest BCUT2D eigenvalue weighted by Crippen LogP contribution is -2.44. The van der Waals surface area contributed by atoms with Gasteiger partial charge < -0.3 is 15.2 Å². The number of benzene rings is 1. The lowest BCUT2D eigenvalue weighted by molar-refractivity contribution is -0.116. The number of rotatable bonds is 7. The summed E-state index contributed by atoms with van der Waals surface area (Å²) in [6, 6.07) is 4.12. The van der Waals surface area contributed by atoms with Gasteiger partial charge in [0.25, 0.3) is 0 Å². The van der Waals surface area contributed by atoms with Crippen LogP contribution in [0.1, 0.15) is 56.3 Å². The molecule has 0 spiro atoms. The molecule has 1 aliphatic carbocycles. The van der Waals surface area contributed by atoms with E-state index >= 15 is 0 Å². The molecule has 0 aliphatic heterocycles. The van der Waals surface area contributed by atoms with Gasteiger partial charge in [0.05, 0.1) is 12.4 Å². The third-order valence-electron chi connectivity index (χ3n) is 4.93. The standard InChI is InChI=1S/C19H27NO6S/c1-12(2)17(27(24,25)14-7-5-4-6-8-14)18(21)20-13-9-10-15(19(22)23)16(11-13)26-3/h9-12,14,17H,4-8H2,1-3H3,(H,20,21)(H,22,23). The highest BCUT2D eigenvalue weighted by Crippen LogP contribution is 2.30. The highest BCUT2D eigenvalue weighted by Gasteiger charge is 2.41. The third kappa shape index (κ3) is 4.80. The molecule has 0 radical (unpaired) electrons. The van der Waals surface area contributed by atoms with E-state index in [0.717, 1.165) is 19.3 Å². The third-order valence-corrected chi connectivity index (χ3v) is 7.80. The quantitative estimate of drug-likeness (QED) is 0.731. The summed E-state index contributed by atoms with van der Waals surface area (Å²) in [5.41, 5.74) is 0.261. The van der Waals surface area contributed by atoms with Gasteiger partial charge in [-0.2, -0.15) is 0 Å². The maximum absolute atomic E-state index is 13.1. The molecule has 1 atom stereocenters. The summed E-state index contributed by atoms with van der Waals surface area (Å²) in [6.45, 7) is 3.44. The van der Waals surface area contributed by atoms with Gasteiger partial charge in [-0.1, -0.05) is 33.1 Å². The number of sulfone groups is 1. The average molecular weight is 397 g/mol. The number of carboxylic acids is 1. The molecule has 7 nitrogen and oxygen atoms in total. The second-order valence-electron chi connectivity index (χ2n) is 7.22. The fourth-order valence-corrected chi connectivity index (χ4v) is 6.11. The molecule has 2 rings (SSSR count). The molecule has 1 aromatic carbocycles. The largest absolute Gasteiger partial charge is 0.496 e. The fourth-order valence-electron chi connectivity index (χ4n) is 3.59. The molecule has 1 aromatic rings. The molecule has 0 aromatic heterocycles. The number of hydrogen-bond donors (Lipinski definition) is 2. The van der Waals surface area contributed by atoms with Crippen LogP contribution in [0.2, 0.25) is 0 Å². The van der Waals surface area contributed by atoms with Crippen molar-refractivity contribution in [1.82, 2.24) is 0 Å². The van der Waals surface area contributed by atoms with Crippen molar-refractivity contribution >= 4 is 27.4 Å². The number of carboxylic acid groups (broad SMARTS) is 1. The van der Waals surface area contributed by atoms with E-state index in [1.165, 1.54) is 25.3 Å². The topological polar surface area (TPSA) is 110 Å². The Bertz CT molecular complexity index is 796. The summed E-state index contributed by atoms with van der Waals surface area (Å²) in [5.74, 6) is -2.03. The Morgan fingerprint density at radius 1 is 1.19 bits per heavy atom. The monoisotopic (exact) mass is 397 g/mol. The first-order valence-electron chi connectivity index (χ1n) is 9.13. The van der Waals surface area contributed by atoms with Gasteiger partial charge in [0.1, 0.15) is 16.6 Å². The summed E-state index contributed by atoms with van der Waals surface area (Å²) < 4.78 is 31.2. The molecule has 1 aliphatic rings. The number of ether oxygens (including phenoxy) is 1. The number of nitrogens with one attached hydrogen (secondary N) is 1. The van der Waals surface area contributed by atoms with Crippen molar-refractivity contribution < 1.29 is 27.9 Å². The summed E-state index contributed by atoms with van der Waals surface area (Å²) in [6.07, 6.45) is 3.95. The molecular weight excluding hydrogens is 370 g/mol. The minimum atomic E-state index is -3.62. The highest BCUT2D eigenvalue weighted by molar-refractivity contribution is 7.93. The fraction of sp³-hybridized carbons (Fsp3) is 0.579. The predicted molar refractivity (Wildman–Crippen MR) is 103 cm³/mol. The molecule has 0 heterocycles. The van der Waals surface area contributed by atoms with Crippen LogP contribution in [0, 0.1) is 5.92 Å². The zero-order valence-electron chi connectivity index (χ0n) is 15.9. The Kier molecular flexibility index (Phi) is 6.86. The van der Waals surface area contributed by atoms with Crippen LogP contribution < -0.4 is 10.1 Å². The number of carbonyl (C=O) groups excluding carboxylic acids is 1. The van der Waals surface area contributed by atoms with Crippen molar-refractivity contribution in [2.75, 3.05) is 12.4 Å². The summed E-state index contributed by atoms with van der Waals surface area (Å²) >= 11 is 0. The minimum absolute atomic E-state index is 0.0364. The maximum Gasteiger partial charge on any atom is 0.339 e. The summed E-state index contributed by atoms with van der Waals surface area (Å²) in [7, 11) is -2.29. The first-order chi connectivity index (χ1) is 12.7. The van der Waals surface area contributed by atoms with Gasteiger partial charge >= 0.3 is 5.97 Å². The van der Waals surface area contributed by atoms with E-state index in [1.54, 1.807) is 13.8 Å². The van der Waals surface area contributed by atoms with Gasteiger partial charge in [-0.05, 0) is 30.9 Å². The van der Waals surface area contributed by atoms with Crippen LogP contribution in [-0.2, 0) is 14.6 Å². The molecule has 0 saturated heterocycles. The van der Waals surface area contributed by atoms with Crippen LogP contribution in [0.3, 0.4) is 0 Å². The Morgan fingerprint density at radius 2 is 1.81 bits per heavy atom. The van der Waals surface area contributed by atoms with Crippen LogP contribution in [0.15, 0.2) is 18.2 Å². The van der Waals surface area contributed by atoms with Gasteiger partial charge in [-0.25, -0.2) is 13.2 Å². The number of aromatic carboxylic acids is 1. The number of anilines is 1. The van der Waals surface area contributed by atoms with Crippen LogP contribution >= 0.6 is 0 Å². The second kappa shape index (κ2) is 8.73. The Hall–Kier alpha value is -2.09. The minimum Gasteiger partial charge on any atom is -0.496 e. The molecule has 1 fully saturated rings. The number of carbonyl (C=O) groups is 2. The van der Waals surface area contributed by atoms with E-state index in [1.807, 2.05) is 0 Å². The van der Waals surface area contributed by atoms with Gasteiger partial charge in [-0.3, -0.25) is 4.79 Å². The lowest BCUT2D eigenvalue weighted by atomic mass is 10.0. The van der Waals surface area contributed by atoms with E-state index in [9.17, 15) is 18.0 Å². The smallest absolute Gasteiger partial charge is 0.339 e. The van der Waals surface area contributed by atoms with Crippen molar-refractivity contribution in [2.45, 2.75) is 56.5 Å².